The van der Waals surface area contributed by atoms with Gasteiger partial charge in [-0.05, 0) is 42.0 Å². The van der Waals surface area contributed by atoms with E-state index < -0.39 is 11.6 Å². The van der Waals surface area contributed by atoms with Gasteiger partial charge < -0.3 is 14.2 Å². The van der Waals surface area contributed by atoms with E-state index in [9.17, 15) is 8.78 Å². The van der Waals surface area contributed by atoms with Gasteiger partial charge in [-0.25, -0.2) is 13.8 Å². The SMILES string of the molecule is Fc1cccc(F)c1C1=NC(COc2ccc(OCc3ccccc3)cc2)CO1. The molecular formula is C23H19F2NO3. The maximum absolute atomic E-state index is 13.8. The Balaban J connectivity index is 1.31. The summed E-state index contributed by atoms with van der Waals surface area (Å²) in [4.78, 5) is 4.24. The molecule has 4 nitrogen and oxygen atoms in total. The molecule has 1 aliphatic rings. The van der Waals surface area contributed by atoms with Crippen LogP contribution in [0.15, 0.2) is 77.8 Å². The van der Waals surface area contributed by atoms with Crippen LogP contribution in [0.4, 0.5) is 8.78 Å². The molecule has 0 fully saturated rings. The fourth-order valence-corrected chi connectivity index (χ4v) is 2.91. The third kappa shape index (κ3) is 4.71. The second-order valence-corrected chi connectivity index (χ2v) is 6.55. The Morgan fingerprint density at radius 1 is 0.828 bits per heavy atom. The van der Waals surface area contributed by atoms with Crippen molar-refractivity contribution in [3.63, 3.8) is 0 Å². The van der Waals surface area contributed by atoms with Crippen molar-refractivity contribution in [3.05, 3.63) is 95.6 Å². The van der Waals surface area contributed by atoms with Gasteiger partial charge in [0.25, 0.3) is 0 Å². The molecule has 0 saturated carbocycles. The summed E-state index contributed by atoms with van der Waals surface area (Å²) in [7, 11) is 0. The van der Waals surface area contributed by atoms with Crippen LogP contribution < -0.4 is 9.47 Å². The highest BCUT2D eigenvalue weighted by Crippen LogP contribution is 2.21. The fourth-order valence-electron chi connectivity index (χ4n) is 2.91. The molecule has 1 heterocycles. The van der Waals surface area contributed by atoms with Crippen LogP contribution in [0, 0.1) is 11.6 Å². The number of halogens is 2. The molecule has 0 saturated heterocycles. The van der Waals surface area contributed by atoms with Crippen molar-refractivity contribution in [2.75, 3.05) is 13.2 Å². The zero-order valence-corrected chi connectivity index (χ0v) is 15.6. The monoisotopic (exact) mass is 395 g/mol. The van der Waals surface area contributed by atoms with Crippen molar-refractivity contribution in [2.24, 2.45) is 4.99 Å². The molecule has 1 aliphatic heterocycles. The van der Waals surface area contributed by atoms with E-state index in [1.807, 2.05) is 42.5 Å². The molecule has 4 rings (SSSR count). The second kappa shape index (κ2) is 8.73. The number of rotatable bonds is 7. The Bertz CT molecular complexity index is 971. The normalized spacial score (nSPS) is 15.5. The standard InChI is InChI=1S/C23H19F2NO3/c24-20-7-4-8-21(25)22(20)23-26-17(15-29-23)14-28-19-11-9-18(10-12-19)27-13-16-5-2-1-3-6-16/h1-12,17H,13-15H2. The van der Waals surface area contributed by atoms with Crippen LogP contribution >= 0.6 is 0 Å². The van der Waals surface area contributed by atoms with Crippen LogP contribution in [0.1, 0.15) is 11.1 Å². The van der Waals surface area contributed by atoms with Crippen LogP contribution in [0.25, 0.3) is 0 Å². The predicted molar refractivity (Wildman–Crippen MR) is 105 cm³/mol. The van der Waals surface area contributed by atoms with E-state index in [4.69, 9.17) is 14.2 Å². The molecule has 0 aliphatic carbocycles. The van der Waals surface area contributed by atoms with Gasteiger partial charge >= 0.3 is 0 Å². The lowest BCUT2D eigenvalue weighted by atomic mass is 10.2. The van der Waals surface area contributed by atoms with Crippen molar-refractivity contribution in [2.45, 2.75) is 12.6 Å². The fraction of sp³-hybridized carbons (Fsp3) is 0.174. The minimum absolute atomic E-state index is 0.0288. The number of hydrogen-bond acceptors (Lipinski definition) is 4. The number of nitrogens with zero attached hydrogens (tertiary/aromatic N) is 1. The van der Waals surface area contributed by atoms with Gasteiger partial charge in [-0.3, -0.25) is 0 Å². The highest BCUT2D eigenvalue weighted by Gasteiger charge is 2.25. The molecule has 0 N–H and O–H groups in total. The van der Waals surface area contributed by atoms with Gasteiger partial charge in [-0.2, -0.15) is 0 Å². The summed E-state index contributed by atoms with van der Waals surface area (Å²) >= 11 is 0. The Labute approximate surface area is 167 Å². The van der Waals surface area contributed by atoms with E-state index in [1.165, 1.54) is 18.2 Å². The molecule has 0 radical (unpaired) electrons. The second-order valence-electron chi connectivity index (χ2n) is 6.55. The summed E-state index contributed by atoms with van der Waals surface area (Å²) in [6, 6.07) is 20.5. The molecular weight excluding hydrogens is 376 g/mol. The summed E-state index contributed by atoms with van der Waals surface area (Å²) < 4.78 is 44.5. The molecule has 1 atom stereocenters. The molecule has 29 heavy (non-hydrogen) atoms. The average molecular weight is 395 g/mol. The predicted octanol–water partition coefficient (Wildman–Crippen LogP) is 4.77. The Morgan fingerprint density at radius 3 is 2.17 bits per heavy atom. The maximum atomic E-state index is 13.8. The smallest absolute Gasteiger partial charge is 0.222 e. The Hall–Kier alpha value is -3.41. The van der Waals surface area contributed by atoms with Gasteiger partial charge in [0.2, 0.25) is 5.90 Å². The van der Waals surface area contributed by atoms with Crippen molar-refractivity contribution in [3.8, 4) is 11.5 Å². The number of ether oxygens (including phenoxy) is 3. The van der Waals surface area contributed by atoms with Gasteiger partial charge in [-0.15, -0.1) is 0 Å². The van der Waals surface area contributed by atoms with E-state index in [0.717, 1.165) is 11.3 Å². The van der Waals surface area contributed by atoms with Crippen molar-refractivity contribution in [1.82, 2.24) is 0 Å². The summed E-state index contributed by atoms with van der Waals surface area (Å²) in [6.45, 7) is 0.940. The molecule has 3 aromatic carbocycles. The van der Waals surface area contributed by atoms with Gasteiger partial charge in [0, 0.05) is 0 Å². The molecule has 0 bridgehead atoms. The van der Waals surface area contributed by atoms with Crippen molar-refractivity contribution in [1.29, 1.82) is 0 Å². The number of aliphatic imine (C=N–C) groups is 1. The van der Waals surface area contributed by atoms with E-state index in [0.29, 0.717) is 12.4 Å². The van der Waals surface area contributed by atoms with Gasteiger partial charge in [0.1, 0.15) is 54.6 Å². The molecule has 148 valence electrons. The lowest BCUT2D eigenvalue weighted by molar-refractivity contribution is 0.242. The first-order valence-corrected chi connectivity index (χ1v) is 9.23. The van der Waals surface area contributed by atoms with E-state index in [1.54, 1.807) is 12.1 Å². The van der Waals surface area contributed by atoms with Crippen LogP contribution in [0.2, 0.25) is 0 Å². The number of hydrogen-bond donors (Lipinski definition) is 0. The highest BCUT2D eigenvalue weighted by atomic mass is 19.1. The Kier molecular flexibility index (Phi) is 5.70. The van der Waals surface area contributed by atoms with E-state index in [2.05, 4.69) is 4.99 Å². The third-order valence-corrected chi connectivity index (χ3v) is 4.40. The molecule has 0 spiro atoms. The van der Waals surface area contributed by atoms with Crippen LogP contribution in [-0.2, 0) is 11.3 Å². The van der Waals surface area contributed by atoms with Crippen LogP contribution in [-0.4, -0.2) is 25.2 Å². The zero-order valence-electron chi connectivity index (χ0n) is 15.6. The highest BCUT2D eigenvalue weighted by molar-refractivity contribution is 5.95. The third-order valence-electron chi connectivity index (χ3n) is 4.40. The van der Waals surface area contributed by atoms with Crippen LogP contribution in [0.5, 0.6) is 11.5 Å². The molecule has 3 aromatic rings. The lowest BCUT2D eigenvalue weighted by Gasteiger charge is -2.10. The average Bonchev–Trinajstić information content (AvgIpc) is 3.21. The van der Waals surface area contributed by atoms with Gasteiger partial charge in [0.05, 0.1) is 0 Å². The zero-order chi connectivity index (χ0) is 20.1. The first-order chi connectivity index (χ1) is 14.2. The van der Waals surface area contributed by atoms with Crippen molar-refractivity contribution >= 4 is 5.90 Å². The van der Waals surface area contributed by atoms with Crippen LogP contribution in [0.3, 0.4) is 0 Å². The largest absolute Gasteiger partial charge is 0.491 e. The Morgan fingerprint density at radius 2 is 1.48 bits per heavy atom. The van der Waals surface area contributed by atoms with Gasteiger partial charge in [-0.1, -0.05) is 36.4 Å². The summed E-state index contributed by atoms with van der Waals surface area (Å²) in [6.07, 6.45) is 0. The van der Waals surface area contributed by atoms with E-state index in [-0.39, 0.29) is 30.7 Å². The summed E-state index contributed by atoms with van der Waals surface area (Å²) in [5.41, 5.74) is 0.851. The maximum Gasteiger partial charge on any atom is 0.222 e. The first-order valence-electron chi connectivity index (χ1n) is 9.23. The molecule has 6 heteroatoms. The quantitative estimate of drug-likeness (QED) is 0.579. The lowest BCUT2D eigenvalue weighted by Crippen LogP contribution is -2.16. The minimum Gasteiger partial charge on any atom is -0.491 e. The summed E-state index contributed by atoms with van der Waals surface area (Å²) in [5, 5.41) is 0. The van der Waals surface area contributed by atoms with Gasteiger partial charge in [0.15, 0.2) is 0 Å². The molecule has 0 amide bonds. The van der Waals surface area contributed by atoms with E-state index >= 15 is 0 Å². The molecule has 0 aromatic heterocycles. The summed E-state index contributed by atoms with van der Waals surface area (Å²) in [5.74, 6) is -0.0369. The minimum atomic E-state index is -0.698. The number of benzene rings is 3. The first kappa shape index (κ1) is 18.9. The molecule has 1 unspecified atom stereocenters. The van der Waals surface area contributed by atoms with Crippen molar-refractivity contribution < 1.29 is 23.0 Å². The topological polar surface area (TPSA) is 40.0 Å².